The molecule has 0 amide bonds. The van der Waals surface area contributed by atoms with Gasteiger partial charge in [0.05, 0.1) is 0 Å². The molecule has 0 aliphatic rings. The maximum absolute atomic E-state index is 12.0. The zero-order valence-electron chi connectivity index (χ0n) is 9.59. The van der Waals surface area contributed by atoms with E-state index < -0.39 is 13.7 Å². The molecular weight excluding hydrogens is 1800 g/mol. The Labute approximate surface area is 313 Å². The van der Waals surface area contributed by atoms with E-state index in [4.69, 9.17) is 0 Å². The highest BCUT2D eigenvalue weighted by Gasteiger charge is 2.74. The highest BCUT2D eigenvalue weighted by molar-refractivity contribution is 14.3. The molecule has 0 unspecified atom stereocenters. The van der Waals surface area contributed by atoms with Gasteiger partial charge >= 0.3 is 0 Å². The minimum absolute atomic E-state index is 0.105. The Bertz CT molecular complexity index is 559. The molecule has 140 valence electrons. The van der Waals surface area contributed by atoms with Crippen LogP contribution in [0.2, 0.25) is 0 Å². The maximum Gasteiger partial charge on any atom is 0.291 e. The molecule has 0 saturated carbocycles. The second kappa shape index (κ2) is 11.0. The van der Waals surface area contributed by atoms with Gasteiger partial charge in [-0.3, -0.25) is 4.55 Å². The Morgan fingerprint density at radius 3 is 1.00 bits per heavy atom. The fraction of sp³-hybridized carbons (Fsp3) is 1.00. The van der Waals surface area contributed by atoms with Crippen LogP contribution >= 0.6 is 294 Å². The summed E-state index contributed by atoms with van der Waals surface area (Å²) in [7, 11) is -4.25. The van der Waals surface area contributed by atoms with Gasteiger partial charge in [-0.1, -0.05) is 248 Å². The van der Waals surface area contributed by atoms with Crippen molar-refractivity contribution in [1.82, 2.24) is 0 Å². The van der Waals surface area contributed by atoms with Gasteiger partial charge in [-0.05, 0) is 45.2 Å². The van der Waals surface area contributed by atoms with Gasteiger partial charge in [0.25, 0.3) is 10.1 Å². The van der Waals surface area contributed by atoms with Crippen LogP contribution in [0.25, 0.3) is 0 Å². The molecule has 0 fully saturated rings. The zero-order chi connectivity index (χ0) is 19.5. The van der Waals surface area contributed by atoms with Crippen LogP contribution in [0.15, 0.2) is 0 Å². The molecule has 3 nitrogen and oxygen atoms in total. The normalized spacial score (nSPS) is 16.6. The van der Waals surface area contributed by atoms with Crippen molar-refractivity contribution < 1.29 is 13.0 Å². The molecule has 23 heavy (non-hydrogen) atoms. The summed E-state index contributed by atoms with van der Waals surface area (Å²) in [5.41, 5.74) is 0. The summed E-state index contributed by atoms with van der Waals surface area (Å²) in [6.07, 6.45) is 0. The lowest BCUT2D eigenvalue weighted by Gasteiger charge is -2.53. The van der Waals surface area contributed by atoms with Crippen molar-refractivity contribution in [3.63, 3.8) is 0 Å². The summed E-state index contributed by atoms with van der Waals surface area (Å²) < 4.78 is 30.5. The average molecular weight is 1800 g/mol. The topological polar surface area (TPSA) is 54.4 Å². The maximum atomic E-state index is 12.0. The van der Waals surface area contributed by atoms with E-state index in [1.54, 1.807) is 0 Å². The Kier molecular flexibility index (Phi) is 15.5. The number of rotatable bonds is 6. The van der Waals surface area contributed by atoms with Crippen molar-refractivity contribution in [2.24, 2.45) is 0 Å². The van der Waals surface area contributed by atoms with Crippen LogP contribution in [0.3, 0.4) is 0 Å². The summed E-state index contributed by atoms with van der Waals surface area (Å²) in [6, 6.07) is 0. The van der Waals surface area contributed by atoms with Gasteiger partial charge in [0.15, 0.2) is 0 Å². The van der Waals surface area contributed by atoms with Crippen LogP contribution in [0.1, 0.15) is 0 Å². The molecule has 0 aromatic heterocycles. The minimum atomic E-state index is -4.25. The van der Waals surface area contributed by atoms with E-state index in [-0.39, 0.29) is 2.29 Å². The van der Waals surface area contributed by atoms with Gasteiger partial charge < -0.3 is 0 Å². The molecule has 1 N–H and O–H groups in total. The summed E-state index contributed by atoms with van der Waals surface area (Å²) in [5.74, 6) is 0. The number of hydrogen-bond acceptors (Lipinski definition) is 2. The standard InChI is InChI=1S/C6HI13O3S/c7-1(8,3(11,12)5(15,16)17)2(9,10)4(13,14)6(18,19)23(20,21)22/h(H,20,21,22). The molecule has 0 aromatic rings. The molecular formula is C6HI13O3S. The smallest absolute Gasteiger partial charge is 0.284 e. The van der Waals surface area contributed by atoms with E-state index in [0.29, 0.717) is 0 Å². The molecule has 0 rings (SSSR count). The predicted octanol–water partition coefficient (Wildman–Crippen LogP) is 9.62. The van der Waals surface area contributed by atoms with Crippen LogP contribution in [0, 0.1) is 0 Å². The molecule has 0 radical (unpaired) electrons. The first-order valence-corrected chi connectivity index (χ1v) is 19.9. The third-order valence-electron chi connectivity index (χ3n) is 2.23. The molecule has 0 bridgehead atoms. The Balaban J connectivity index is 6.48. The van der Waals surface area contributed by atoms with Crippen molar-refractivity contribution >= 4 is 304 Å². The van der Waals surface area contributed by atoms with Crippen LogP contribution in [0.5, 0.6) is 0 Å². The van der Waals surface area contributed by atoms with Gasteiger partial charge in [-0.25, -0.2) is 0 Å². The summed E-state index contributed by atoms with van der Waals surface area (Å²) >= 11 is 29.7. The molecule has 0 aliphatic carbocycles. The van der Waals surface area contributed by atoms with E-state index >= 15 is 0 Å². The van der Waals surface area contributed by atoms with Gasteiger partial charge in [0, 0.05) is 0 Å². The lowest BCUT2D eigenvalue weighted by atomic mass is 10.2. The number of alkyl halides is 13. The molecule has 0 atom stereocenters. The number of hydrogen-bond donors (Lipinski definition) is 1. The lowest BCUT2D eigenvalue weighted by Crippen LogP contribution is -2.64. The minimum Gasteiger partial charge on any atom is -0.284 e. The van der Waals surface area contributed by atoms with E-state index in [1.165, 1.54) is 0 Å². The third kappa shape index (κ3) is 6.75. The summed E-state index contributed by atoms with van der Waals surface area (Å²) in [6.45, 7) is 0. The van der Waals surface area contributed by atoms with Crippen molar-refractivity contribution in [1.29, 1.82) is 0 Å². The predicted molar refractivity (Wildman–Crippen MR) is 210 cm³/mol. The SMILES string of the molecule is O=S(=O)(O)C(I)(I)C(I)(I)C(I)(I)C(I)(I)C(I)(I)C(I)(I)I. The van der Waals surface area contributed by atoms with Crippen LogP contribution in [0.4, 0.5) is 0 Å². The van der Waals surface area contributed by atoms with Gasteiger partial charge in [-0.2, -0.15) is 8.42 Å². The second-order valence-electron chi connectivity index (χ2n) is 3.79. The van der Waals surface area contributed by atoms with Crippen molar-refractivity contribution in [2.75, 3.05) is 0 Å². The van der Waals surface area contributed by atoms with E-state index in [9.17, 15) is 13.0 Å². The van der Waals surface area contributed by atoms with Crippen molar-refractivity contribution in [3.8, 4) is 0 Å². The lowest BCUT2D eigenvalue weighted by molar-refractivity contribution is 0.477. The van der Waals surface area contributed by atoms with Crippen LogP contribution in [-0.4, -0.2) is 18.9 Å². The first-order valence-electron chi connectivity index (χ1n) is 4.43. The first-order chi connectivity index (χ1) is 9.50. The van der Waals surface area contributed by atoms with Gasteiger partial charge in [0.2, 0.25) is 0.760 Å². The van der Waals surface area contributed by atoms with Crippen molar-refractivity contribution in [3.05, 3.63) is 0 Å². The molecule has 17 heteroatoms. The van der Waals surface area contributed by atoms with Gasteiger partial charge in [0.1, 0.15) is 5.15 Å². The molecule has 0 saturated heterocycles. The monoisotopic (exact) mass is 1800 g/mol. The van der Waals surface area contributed by atoms with Gasteiger partial charge in [-0.15, -0.1) is 0 Å². The van der Waals surface area contributed by atoms with E-state index in [2.05, 4.69) is 248 Å². The fourth-order valence-electron chi connectivity index (χ4n) is 0.917. The zero-order valence-corrected chi connectivity index (χ0v) is 38.4. The van der Waals surface area contributed by atoms with Crippen molar-refractivity contribution in [2.45, 2.75) is 5.91 Å². The fourth-order valence-corrected chi connectivity index (χ4v) is 19.6. The highest BCUT2D eigenvalue weighted by Crippen LogP contribution is 2.76. The molecule has 0 aromatic carbocycles. The second-order valence-corrected chi connectivity index (χ2v) is 44.4. The largest absolute Gasteiger partial charge is 0.291 e. The van der Waals surface area contributed by atoms with E-state index in [1.807, 2.05) is 45.2 Å². The van der Waals surface area contributed by atoms with E-state index in [0.717, 1.165) is 0 Å². The van der Waals surface area contributed by atoms with Crippen LogP contribution < -0.4 is 0 Å². The summed E-state index contributed by atoms with van der Waals surface area (Å²) in [4.78, 5) is 0. The Morgan fingerprint density at radius 2 is 0.783 bits per heavy atom. The molecule has 0 spiro atoms. The Hall–Kier alpha value is 9.40. The Morgan fingerprint density at radius 1 is 0.522 bits per heavy atom. The highest BCUT2D eigenvalue weighted by atomic mass is 127. The quantitative estimate of drug-likeness (QED) is 0.164. The molecule has 0 aliphatic heterocycles. The molecule has 0 heterocycles. The summed E-state index contributed by atoms with van der Waals surface area (Å²) in [5, 5.41) is 0. The number of halogens is 13. The van der Waals surface area contributed by atoms with Crippen LogP contribution in [-0.2, 0) is 10.1 Å². The average Bonchev–Trinajstić information content (AvgIpc) is 2.24. The first kappa shape index (κ1) is 32.4. The third-order valence-corrected chi connectivity index (χ3v) is 46.9.